The van der Waals surface area contributed by atoms with Crippen molar-refractivity contribution in [2.24, 2.45) is 0 Å². The second kappa shape index (κ2) is 7.48. The van der Waals surface area contributed by atoms with Crippen LogP contribution in [0, 0.1) is 5.82 Å². The van der Waals surface area contributed by atoms with E-state index in [1.807, 2.05) is 24.3 Å². The number of hydrogen-bond acceptors (Lipinski definition) is 4. The van der Waals surface area contributed by atoms with Crippen molar-refractivity contribution in [3.05, 3.63) is 77.3 Å². The van der Waals surface area contributed by atoms with Crippen LogP contribution in [0.4, 0.5) is 21.5 Å². The van der Waals surface area contributed by atoms with E-state index >= 15 is 0 Å². The van der Waals surface area contributed by atoms with Crippen LogP contribution in [0.15, 0.2) is 65.3 Å². The van der Waals surface area contributed by atoms with E-state index in [1.54, 1.807) is 25.4 Å². The summed E-state index contributed by atoms with van der Waals surface area (Å²) in [6, 6.07) is 14.7. The highest BCUT2D eigenvalue weighted by Gasteiger charge is 2.17. The fraction of sp³-hybridized carbons (Fsp3) is 0.0455. The number of aromatic carboxylic acids is 1. The minimum atomic E-state index is -1.23. The van der Waals surface area contributed by atoms with Crippen molar-refractivity contribution in [3.63, 3.8) is 0 Å². The maximum absolute atomic E-state index is 13.5. The van der Waals surface area contributed by atoms with E-state index in [0.29, 0.717) is 16.3 Å². The van der Waals surface area contributed by atoms with Crippen LogP contribution >= 0.6 is 11.6 Å². The molecule has 29 heavy (non-hydrogen) atoms. The Labute approximate surface area is 170 Å². The zero-order valence-electron chi connectivity index (χ0n) is 15.3. The molecule has 0 saturated heterocycles. The van der Waals surface area contributed by atoms with Crippen molar-refractivity contribution in [1.29, 1.82) is 0 Å². The third kappa shape index (κ3) is 3.50. The highest BCUT2D eigenvalue weighted by molar-refractivity contribution is 6.37. The van der Waals surface area contributed by atoms with E-state index in [9.17, 15) is 14.3 Å². The first kappa shape index (κ1) is 18.8. The normalized spacial score (nSPS) is 10.9. The number of halogens is 2. The first-order valence-corrected chi connectivity index (χ1v) is 9.13. The molecule has 0 aliphatic carbocycles. The maximum Gasteiger partial charge on any atom is 0.337 e. The Morgan fingerprint density at radius 1 is 1.03 bits per heavy atom. The van der Waals surface area contributed by atoms with E-state index < -0.39 is 11.8 Å². The van der Waals surface area contributed by atoms with Crippen LogP contribution in [0.3, 0.4) is 0 Å². The Kier molecular flexibility index (Phi) is 4.86. The van der Waals surface area contributed by atoms with Crippen LogP contribution in [0.5, 0.6) is 0 Å². The molecule has 1 heterocycles. The van der Waals surface area contributed by atoms with Gasteiger partial charge in [0.1, 0.15) is 11.4 Å². The van der Waals surface area contributed by atoms with E-state index in [0.717, 1.165) is 28.3 Å². The Bertz CT molecular complexity index is 1240. The van der Waals surface area contributed by atoms with Gasteiger partial charge in [-0.3, -0.25) is 0 Å². The number of carboxylic acids is 1. The molecular weight excluding hydrogens is 395 g/mol. The number of fused-ring (bicyclic) bond motifs is 1. The number of rotatable bonds is 5. The molecule has 7 heteroatoms. The Morgan fingerprint density at radius 2 is 1.79 bits per heavy atom. The van der Waals surface area contributed by atoms with Crippen molar-refractivity contribution in [2.75, 3.05) is 17.7 Å². The number of benzene rings is 3. The third-order valence-electron chi connectivity index (χ3n) is 4.63. The SMILES string of the molecule is CNc1ccc(Nc2ccc(F)cc2C(=O)O)c(-c2ccc3occc3c2)c1Cl. The molecule has 4 rings (SSSR count). The van der Waals surface area contributed by atoms with Gasteiger partial charge in [-0.05, 0) is 54.1 Å². The topological polar surface area (TPSA) is 74.5 Å². The molecule has 0 aliphatic heterocycles. The summed E-state index contributed by atoms with van der Waals surface area (Å²) in [4.78, 5) is 11.6. The lowest BCUT2D eigenvalue weighted by molar-refractivity contribution is 0.0697. The molecule has 0 radical (unpaired) electrons. The predicted octanol–water partition coefficient (Wildman–Crippen LogP) is 6.38. The predicted molar refractivity (Wildman–Crippen MR) is 113 cm³/mol. The molecule has 4 aromatic rings. The lowest BCUT2D eigenvalue weighted by Crippen LogP contribution is -2.05. The largest absolute Gasteiger partial charge is 0.478 e. The minimum absolute atomic E-state index is 0.171. The number of hydrogen-bond donors (Lipinski definition) is 3. The van der Waals surface area contributed by atoms with Gasteiger partial charge in [0.25, 0.3) is 0 Å². The number of carbonyl (C=O) groups is 1. The molecule has 0 spiro atoms. The summed E-state index contributed by atoms with van der Waals surface area (Å²) in [5, 5.41) is 17.0. The van der Waals surface area contributed by atoms with Gasteiger partial charge >= 0.3 is 5.97 Å². The van der Waals surface area contributed by atoms with Gasteiger partial charge in [0, 0.05) is 23.7 Å². The second-order valence-corrected chi connectivity index (χ2v) is 6.77. The molecule has 0 unspecified atom stereocenters. The summed E-state index contributed by atoms with van der Waals surface area (Å²) in [6.07, 6.45) is 1.61. The fourth-order valence-corrected chi connectivity index (χ4v) is 3.59. The summed E-state index contributed by atoms with van der Waals surface area (Å²) in [6.45, 7) is 0. The van der Waals surface area contributed by atoms with Crippen molar-refractivity contribution >= 4 is 45.6 Å². The van der Waals surface area contributed by atoms with Crippen LogP contribution in [-0.2, 0) is 0 Å². The quantitative estimate of drug-likeness (QED) is 0.356. The molecule has 0 amide bonds. The average Bonchev–Trinajstić information content (AvgIpc) is 3.17. The smallest absolute Gasteiger partial charge is 0.337 e. The first-order valence-electron chi connectivity index (χ1n) is 8.75. The van der Waals surface area contributed by atoms with Crippen LogP contribution in [-0.4, -0.2) is 18.1 Å². The van der Waals surface area contributed by atoms with Crippen LogP contribution in [0.2, 0.25) is 5.02 Å². The molecule has 3 aromatic carbocycles. The number of furan rings is 1. The first-order chi connectivity index (χ1) is 14.0. The molecular formula is C22H16ClFN2O3. The Hall–Kier alpha value is -3.51. The zero-order chi connectivity index (χ0) is 20.5. The molecule has 146 valence electrons. The van der Waals surface area contributed by atoms with Crippen molar-refractivity contribution in [1.82, 2.24) is 0 Å². The molecule has 1 aromatic heterocycles. The van der Waals surface area contributed by atoms with Gasteiger partial charge in [-0.25, -0.2) is 9.18 Å². The molecule has 0 fully saturated rings. The van der Waals surface area contributed by atoms with Crippen molar-refractivity contribution < 1.29 is 18.7 Å². The zero-order valence-corrected chi connectivity index (χ0v) is 16.0. The van der Waals surface area contributed by atoms with Gasteiger partial charge in [-0.1, -0.05) is 17.7 Å². The standard InChI is InChI=1S/C22H16ClFN2O3/c1-25-18-6-5-17(26-16-4-3-14(24)11-15(16)22(27)28)20(21(18)23)13-2-7-19-12(10-13)8-9-29-19/h2-11,25-26H,1H3,(H,27,28). The number of anilines is 3. The summed E-state index contributed by atoms with van der Waals surface area (Å²) in [7, 11) is 1.76. The Morgan fingerprint density at radius 3 is 2.55 bits per heavy atom. The van der Waals surface area contributed by atoms with Gasteiger partial charge in [0.05, 0.1) is 28.2 Å². The Balaban J connectivity index is 1.88. The monoisotopic (exact) mass is 410 g/mol. The molecule has 0 aliphatic rings. The molecule has 0 saturated carbocycles. The molecule has 5 nitrogen and oxygen atoms in total. The number of nitrogens with one attached hydrogen (secondary N) is 2. The highest BCUT2D eigenvalue weighted by atomic mass is 35.5. The van der Waals surface area contributed by atoms with Gasteiger partial charge in [0.15, 0.2) is 0 Å². The number of carboxylic acid groups (broad SMARTS) is 1. The van der Waals surface area contributed by atoms with Gasteiger partial charge < -0.3 is 20.2 Å². The van der Waals surface area contributed by atoms with E-state index in [4.69, 9.17) is 16.0 Å². The van der Waals surface area contributed by atoms with Crippen LogP contribution in [0.1, 0.15) is 10.4 Å². The molecule has 3 N–H and O–H groups in total. The van der Waals surface area contributed by atoms with Crippen LogP contribution < -0.4 is 10.6 Å². The van der Waals surface area contributed by atoms with Gasteiger partial charge in [-0.2, -0.15) is 0 Å². The summed E-state index contributed by atoms with van der Waals surface area (Å²) < 4.78 is 18.9. The molecule has 0 bridgehead atoms. The minimum Gasteiger partial charge on any atom is -0.478 e. The third-order valence-corrected chi connectivity index (χ3v) is 5.03. The van der Waals surface area contributed by atoms with Gasteiger partial charge in [0.2, 0.25) is 0 Å². The fourth-order valence-electron chi connectivity index (χ4n) is 3.23. The van der Waals surface area contributed by atoms with E-state index in [-0.39, 0.29) is 11.3 Å². The highest BCUT2D eigenvalue weighted by Crippen LogP contribution is 2.42. The van der Waals surface area contributed by atoms with Crippen molar-refractivity contribution in [2.45, 2.75) is 0 Å². The maximum atomic E-state index is 13.5. The lowest BCUT2D eigenvalue weighted by Gasteiger charge is -2.18. The summed E-state index contributed by atoms with van der Waals surface area (Å²) >= 11 is 6.67. The van der Waals surface area contributed by atoms with E-state index in [2.05, 4.69) is 10.6 Å². The van der Waals surface area contributed by atoms with Gasteiger partial charge in [-0.15, -0.1) is 0 Å². The lowest BCUT2D eigenvalue weighted by atomic mass is 10.0. The van der Waals surface area contributed by atoms with Crippen LogP contribution in [0.25, 0.3) is 22.1 Å². The second-order valence-electron chi connectivity index (χ2n) is 6.39. The van der Waals surface area contributed by atoms with E-state index in [1.165, 1.54) is 12.1 Å². The summed E-state index contributed by atoms with van der Waals surface area (Å²) in [5.41, 5.74) is 3.65. The van der Waals surface area contributed by atoms with Crippen molar-refractivity contribution in [3.8, 4) is 11.1 Å². The average molecular weight is 411 g/mol. The molecule has 0 atom stereocenters. The summed E-state index contributed by atoms with van der Waals surface area (Å²) in [5.74, 6) is -1.85.